The first kappa shape index (κ1) is 21.2. The molecule has 0 saturated heterocycles. The fourth-order valence-electron chi connectivity index (χ4n) is 2.96. The van der Waals surface area contributed by atoms with E-state index in [1.807, 2.05) is 51.4 Å². The largest absolute Gasteiger partial charge is 0.351 e. The molecule has 2 N–H and O–H groups in total. The molecule has 29 heavy (non-hydrogen) atoms. The van der Waals surface area contributed by atoms with Crippen LogP contribution in [-0.2, 0) is 16.9 Å². The van der Waals surface area contributed by atoms with Crippen molar-refractivity contribution in [2.45, 2.75) is 53.6 Å². The number of thiophene rings is 1. The zero-order valence-corrected chi connectivity index (χ0v) is 19.0. The molecule has 0 aliphatic heterocycles. The quantitative estimate of drug-likeness (QED) is 0.629. The molecule has 154 valence electrons. The van der Waals surface area contributed by atoms with Crippen LogP contribution in [0.1, 0.15) is 53.5 Å². The Labute approximate surface area is 178 Å². The van der Waals surface area contributed by atoms with E-state index >= 15 is 0 Å². The van der Waals surface area contributed by atoms with E-state index in [0.29, 0.717) is 17.2 Å². The highest BCUT2D eigenvalue weighted by Crippen LogP contribution is 2.35. The van der Waals surface area contributed by atoms with E-state index in [2.05, 4.69) is 20.7 Å². The summed E-state index contributed by atoms with van der Waals surface area (Å²) in [6, 6.07) is 3.98. The van der Waals surface area contributed by atoms with Gasteiger partial charge in [-0.3, -0.25) is 19.6 Å². The number of rotatable bonds is 5. The van der Waals surface area contributed by atoms with Crippen LogP contribution >= 0.6 is 22.7 Å². The average molecular weight is 432 g/mol. The molecule has 9 heteroatoms. The van der Waals surface area contributed by atoms with E-state index in [1.165, 1.54) is 18.3 Å². The number of aryl methyl sites for hydroxylation is 1. The molecule has 0 bridgehead atoms. The lowest BCUT2D eigenvalue weighted by atomic mass is 10.1. The zero-order chi connectivity index (χ0) is 21.3. The van der Waals surface area contributed by atoms with Crippen molar-refractivity contribution in [3.8, 4) is 10.6 Å². The Morgan fingerprint density at radius 1 is 1.17 bits per heavy atom. The van der Waals surface area contributed by atoms with Crippen molar-refractivity contribution >= 4 is 39.6 Å². The van der Waals surface area contributed by atoms with Gasteiger partial charge in [-0.15, -0.1) is 22.7 Å². The summed E-state index contributed by atoms with van der Waals surface area (Å²) >= 11 is 3.03. The fraction of sp³-hybridized carbons (Fsp3) is 0.400. The predicted octanol–water partition coefficient (Wildman–Crippen LogP) is 4.33. The molecular weight excluding hydrogens is 406 g/mol. The standard InChI is InChI=1S/C20H25N5O2S2/c1-11-15(10-22-25(11)20(4,5)6)18(27)24-19-23-17(12(2)28-19)16-8-7-14(29-16)9-21-13(3)26/h7-8,10H,9H2,1-6H3,(H,21,26)(H,23,24,27). The van der Waals surface area contributed by atoms with E-state index in [-0.39, 0.29) is 17.4 Å². The number of hydrogen-bond donors (Lipinski definition) is 2. The molecule has 0 unspecified atom stereocenters. The summed E-state index contributed by atoms with van der Waals surface area (Å²) in [6.07, 6.45) is 1.60. The minimum atomic E-state index is -0.212. The van der Waals surface area contributed by atoms with Crippen LogP contribution < -0.4 is 10.6 Å². The maximum atomic E-state index is 12.8. The summed E-state index contributed by atoms with van der Waals surface area (Å²) in [5, 5.41) is 10.6. The van der Waals surface area contributed by atoms with Crippen LogP contribution in [-0.4, -0.2) is 26.6 Å². The van der Waals surface area contributed by atoms with Gasteiger partial charge in [0.25, 0.3) is 5.91 Å². The van der Waals surface area contributed by atoms with Gasteiger partial charge < -0.3 is 5.32 Å². The van der Waals surface area contributed by atoms with Crippen LogP contribution in [0.25, 0.3) is 10.6 Å². The number of nitrogens with zero attached hydrogens (tertiary/aromatic N) is 3. The summed E-state index contributed by atoms with van der Waals surface area (Å²) in [7, 11) is 0. The Kier molecular flexibility index (Phi) is 5.90. The van der Waals surface area contributed by atoms with Gasteiger partial charge in [-0.1, -0.05) is 0 Å². The average Bonchev–Trinajstić information content (AvgIpc) is 3.30. The fourth-order valence-corrected chi connectivity index (χ4v) is 4.85. The lowest BCUT2D eigenvalue weighted by Crippen LogP contribution is -2.25. The maximum Gasteiger partial charge on any atom is 0.260 e. The Balaban J connectivity index is 1.77. The molecule has 3 aromatic heterocycles. The van der Waals surface area contributed by atoms with Gasteiger partial charge in [0.1, 0.15) is 0 Å². The van der Waals surface area contributed by atoms with Crippen molar-refractivity contribution in [2.75, 3.05) is 5.32 Å². The number of nitrogens with one attached hydrogen (secondary N) is 2. The number of amides is 2. The first-order valence-electron chi connectivity index (χ1n) is 9.23. The minimum Gasteiger partial charge on any atom is -0.351 e. The number of thiazole rings is 1. The molecule has 0 spiro atoms. The lowest BCUT2D eigenvalue weighted by Gasteiger charge is -2.21. The SMILES string of the molecule is CC(=O)NCc1ccc(-c2nc(NC(=O)c3cnn(C(C)(C)C)c3C)sc2C)s1. The number of anilines is 1. The van der Waals surface area contributed by atoms with Crippen molar-refractivity contribution < 1.29 is 9.59 Å². The second-order valence-electron chi connectivity index (χ2n) is 7.78. The molecule has 3 heterocycles. The molecule has 0 aliphatic rings. The van der Waals surface area contributed by atoms with E-state index in [9.17, 15) is 9.59 Å². The van der Waals surface area contributed by atoms with E-state index in [1.54, 1.807) is 17.5 Å². The first-order chi connectivity index (χ1) is 13.6. The monoisotopic (exact) mass is 431 g/mol. The number of hydrogen-bond acceptors (Lipinski definition) is 6. The van der Waals surface area contributed by atoms with Crippen LogP contribution in [0, 0.1) is 13.8 Å². The van der Waals surface area contributed by atoms with E-state index in [4.69, 9.17) is 0 Å². The molecule has 0 aliphatic carbocycles. The highest BCUT2D eigenvalue weighted by Gasteiger charge is 2.22. The molecule has 0 saturated carbocycles. The topological polar surface area (TPSA) is 88.9 Å². The Hall–Kier alpha value is -2.52. The third-order valence-corrected chi connectivity index (χ3v) is 6.29. The van der Waals surface area contributed by atoms with E-state index in [0.717, 1.165) is 26.0 Å². The summed E-state index contributed by atoms with van der Waals surface area (Å²) in [6.45, 7) is 12.0. The highest BCUT2D eigenvalue weighted by atomic mass is 32.1. The summed E-state index contributed by atoms with van der Waals surface area (Å²) < 4.78 is 1.85. The molecule has 0 radical (unpaired) electrons. The zero-order valence-electron chi connectivity index (χ0n) is 17.4. The lowest BCUT2D eigenvalue weighted by molar-refractivity contribution is -0.119. The van der Waals surface area contributed by atoms with Gasteiger partial charge in [0.15, 0.2) is 5.13 Å². The van der Waals surface area contributed by atoms with Gasteiger partial charge in [-0.05, 0) is 46.8 Å². The van der Waals surface area contributed by atoms with Crippen molar-refractivity contribution in [2.24, 2.45) is 0 Å². The first-order valence-corrected chi connectivity index (χ1v) is 10.9. The van der Waals surface area contributed by atoms with Crippen molar-refractivity contribution in [3.63, 3.8) is 0 Å². The van der Waals surface area contributed by atoms with Gasteiger partial charge in [0, 0.05) is 22.4 Å². The van der Waals surface area contributed by atoms with Crippen LogP contribution in [0.15, 0.2) is 18.3 Å². The van der Waals surface area contributed by atoms with Gasteiger partial charge in [-0.25, -0.2) is 4.98 Å². The predicted molar refractivity (Wildman–Crippen MR) is 118 cm³/mol. The molecule has 0 fully saturated rings. The summed E-state index contributed by atoms with van der Waals surface area (Å²) in [4.78, 5) is 31.5. The number of carbonyl (C=O) groups is 2. The maximum absolute atomic E-state index is 12.8. The molecule has 7 nitrogen and oxygen atoms in total. The number of carbonyl (C=O) groups excluding carboxylic acids is 2. The Bertz CT molecular complexity index is 1060. The van der Waals surface area contributed by atoms with Gasteiger partial charge in [0.05, 0.1) is 34.4 Å². The number of aromatic nitrogens is 3. The smallest absolute Gasteiger partial charge is 0.260 e. The Morgan fingerprint density at radius 3 is 2.52 bits per heavy atom. The third-order valence-electron chi connectivity index (χ3n) is 4.31. The normalized spacial score (nSPS) is 11.5. The molecule has 0 atom stereocenters. The van der Waals surface area contributed by atoms with Crippen LogP contribution in [0.4, 0.5) is 5.13 Å². The summed E-state index contributed by atoms with van der Waals surface area (Å²) in [5.74, 6) is -0.268. The van der Waals surface area contributed by atoms with Crippen LogP contribution in [0.3, 0.4) is 0 Å². The van der Waals surface area contributed by atoms with Crippen molar-refractivity contribution in [1.82, 2.24) is 20.1 Å². The minimum absolute atomic E-state index is 0.0557. The Morgan fingerprint density at radius 2 is 1.90 bits per heavy atom. The molecule has 3 rings (SSSR count). The van der Waals surface area contributed by atoms with Crippen LogP contribution in [0.2, 0.25) is 0 Å². The summed E-state index contributed by atoms with van der Waals surface area (Å²) in [5.41, 5.74) is 2.03. The van der Waals surface area contributed by atoms with Gasteiger partial charge in [0.2, 0.25) is 5.91 Å². The van der Waals surface area contributed by atoms with Crippen molar-refractivity contribution in [1.29, 1.82) is 0 Å². The van der Waals surface area contributed by atoms with Gasteiger partial charge in [-0.2, -0.15) is 5.10 Å². The molecule has 2 amide bonds. The third kappa shape index (κ3) is 4.73. The van der Waals surface area contributed by atoms with Crippen molar-refractivity contribution in [3.05, 3.63) is 39.3 Å². The molecule has 0 aromatic carbocycles. The van der Waals surface area contributed by atoms with E-state index < -0.39 is 0 Å². The van der Waals surface area contributed by atoms with Gasteiger partial charge >= 0.3 is 0 Å². The second kappa shape index (κ2) is 8.08. The molecular formula is C20H25N5O2S2. The van der Waals surface area contributed by atoms with Crippen LogP contribution in [0.5, 0.6) is 0 Å². The second-order valence-corrected chi connectivity index (χ2v) is 10.2. The highest BCUT2D eigenvalue weighted by molar-refractivity contribution is 7.18. The molecule has 3 aromatic rings.